The van der Waals surface area contributed by atoms with E-state index in [-0.39, 0.29) is 23.7 Å². The lowest BCUT2D eigenvalue weighted by atomic mass is 9.58. The van der Waals surface area contributed by atoms with Crippen molar-refractivity contribution in [1.82, 2.24) is 0 Å². The minimum absolute atomic E-state index is 0.0958. The summed E-state index contributed by atoms with van der Waals surface area (Å²) in [5.74, 6) is 0.812. The zero-order valence-electron chi connectivity index (χ0n) is 18.0. The van der Waals surface area contributed by atoms with Gasteiger partial charge < -0.3 is 9.25 Å². The monoisotopic (exact) mass is 423 g/mol. The summed E-state index contributed by atoms with van der Waals surface area (Å²) in [5, 5.41) is 5.47. The van der Waals surface area contributed by atoms with Crippen LogP contribution in [0, 0.1) is 5.92 Å². The van der Waals surface area contributed by atoms with Crippen molar-refractivity contribution < 1.29 is 14.0 Å². The Morgan fingerprint density at radius 1 is 0.969 bits per heavy atom. The highest BCUT2D eigenvalue weighted by Gasteiger charge is 2.45. The van der Waals surface area contributed by atoms with Gasteiger partial charge in [-0.3, -0.25) is 4.79 Å². The fraction of sp³-hybridized carbons (Fsp3) is 0.214. The van der Waals surface area contributed by atoms with E-state index in [9.17, 15) is 4.79 Å². The van der Waals surface area contributed by atoms with Crippen molar-refractivity contribution in [3.63, 3.8) is 0 Å². The third-order valence-electron chi connectivity index (χ3n) is 6.38. The molecule has 0 aliphatic heterocycles. The van der Waals surface area contributed by atoms with Crippen LogP contribution in [0.3, 0.4) is 0 Å². The fourth-order valence-electron chi connectivity index (χ4n) is 4.59. The van der Waals surface area contributed by atoms with E-state index < -0.39 is 0 Å². The van der Waals surface area contributed by atoms with Gasteiger partial charge >= 0.3 is 0 Å². The summed E-state index contributed by atoms with van der Waals surface area (Å²) < 4.78 is 6.11. The number of Topliss-reactive ketones (excluding diaryl/α,β-unsaturated/α-hetero) is 1. The van der Waals surface area contributed by atoms with E-state index in [1.807, 2.05) is 54.6 Å². The Balaban J connectivity index is 1.38. The van der Waals surface area contributed by atoms with Gasteiger partial charge in [0, 0.05) is 16.9 Å². The van der Waals surface area contributed by atoms with Crippen LogP contribution < -0.4 is 0 Å². The molecule has 0 N–H and O–H groups in total. The Kier molecular flexibility index (Phi) is 5.36. The minimum Gasteiger partial charge on any atom is -0.455 e. The number of hydrogen-bond donors (Lipinski definition) is 0. The molecule has 32 heavy (non-hydrogen) atoms. The summed E-state index contributed by atoms with van der Waals surface area (Å²) in [6.45, 7) is 2.19. The van der Waals surface area contributed by atoms with Crippen LogP contribution in [0.1, 0.15) is 41.4 Å². The topological polar surface area (TPSA) is 51.8 Å². The minimum atomic E-state index is -0.101. The number of carbonyl (C=O) groups excluding carboxylic acids is 1. The molecule has 5 rings (SSSR count). The number of hydrogen-bond acceptors (Lipinski definition) is 4. The maximum atomic E-state index is 12.4. The number of ketones is 1. The van der Waals surface area contributed by atoms with Crippen molar-refractivity contribution >= 4 is 22.5 Å². The third-order valence-corrected chi connectivity index (χ3v) is 6.38. The molecular formula is C28H25NO3. The van der Waals surface area contributed by atoms with Crippen molar-refractivity contribution in [2.24, 2.45) is 11.1 Å². The highest BCUT2D eigenvalue weighted by Crippen LogP contribution is 2.49. The van der Waals surface area contributed by atoms with E-state index in [0.717, 1.165) is 29.5 Å². The number of nitrogens with zero attached hydrogens (tertiary/aromatic N) is 1. The summed E-state index contributed by atoms with van der Waals surface area (Å²) in [6.07, 6.45) is 1.89. The van der Waals surface area contributed by atoms with Gasteiger partial charge in [-0.15, -0.1) is 0 Å². The molecule has 0 unspecified atom stereocenters. The molecule has 3 aromatic carbocycles. The Bertz CT molecular complexity index is 1220. The van der Waals surface area contributed by atoms with Crippen LogP contribution in [-0.2, 0) is 10.3 Å². The Morgan fingerprint density at radius 3 is 2.34 bits per heavy atom. The van der Waals surface area contributed by atoms with Crippen LogP contribution in [0.2, 0.25) is 0 Å². The molecule has 1 aliphatic carbocycles. The van der Waals surface area contributed by atoms with Crippen LogP contribution in [0.25, 0.3) is 11.0 Å². The third kappa shape index (κ3) is 3.96. The van der Waals surface area contributed by atoms with Crippen molar-refractivity contribution in [2.75, 3.05) is 6.61 Å². The normalized spacial score (nSPS) is 20.7. The van der Waals surface area contributed by atoms with Gasteiger partial charge in [0.15, 0.2) is 12.4 Å². The summed E-state index contributed by atoms with van der Waals surface area (Å²) in [6, 6.07) is 29.6. The van der Waals surface area contributed by atoms with E-state index in [1.165, 1.54) is 5.56 Å². The smallest absolute Gasteiger partial charge is 0.203 e. The number of benzene rings is 3. The first-order valence-electron chi connectivity index (χ1n) is 10.9. The molecule has 0 amide bonds. The molecule has 1 aromatic heterocycles. The molecular weight excluding hydrogens is 398 g/mol. The van der Waals surface area contributed by atoms with Crippen molar-refractivity contribution in [1.29, 1.82) is 0 Å². The van der Waals surface area contributed by atoms with E-state index in [1.54, 1.807) is 12.1 Å². The molecule has 1 fully saturated rings. The second-order valence-corrected chi connectivity index (χ2v) is 8.72. The van der Waals surface area contributed by atoms with Gasteiger partial charge in [0.1, 0.15) is 11.3 Å². The first kappa shape index (κ1) is 20.3. The van der Waals surface area contributed by atoms with Crippen molar-refractivity contribution in [2.45, 2.75) is 25.2 Å². The fourth-order valence-corrected chi connectivity index (χ4v) is 4.59. The van der Waals surface area contributed by atoms with Gasteiger partial charge in [-0.05, 0) is 36.0 Å². The molecule has 1 saturated carbocycles. The van der Waals surface area contributed by atoms with Crippen LogP contribution in [0.5, 0.6) is 0 Å². The standard InChI is InChI=1S/C28H25NO3/c1-28(23-13-6-3-7-14-23)17-22(18-28)27(26-16-21-12-8-9-15-25(21)32-26)29-31-19-24(30)20-10-4-2-5-11-20/h2-16,22H,17-19H2,1H3. The Hall–Kier alpha value is -3.66. The maximum absolute atomic E-state index is 12.4. The molecule has 0 atom stereocenters. The molecule has 4 aromatic rings. The maximum Gasteiger partial charge on any atom is 0.203 e. The lowest BCUT2D eigenvalue weighted by molar-refractivity contribution is 0.0766. The highest BCUT2D eigenvalue weighted by atomic mass is 16.6. The lowest BCUT2D eigenvalue weighted by Gasteiger charge is -2.45. The predicted molar refractivity (Wildman–Crippen MR) is 126 cm³/mol. The number of furan rings is 1. The van der Waals surface area contributed by atoms with Gasteiger partial charge in [-0.25, -0.2) is 0 Å². The highest BCUT2D eigenvalue weighted by molar-refractivity contribution is 6.03. The van der Waals surface area contributed by atoms with Crippen LogP contribution in [0.15, 0.2) is 101 Å². The Morgan fingerprint density at radius 2 is 1.62 bits per heavy atom. The van der Waals surface area contributed by atoms with E-state index >= 15 is 0 Å². The van der Waals surface area contributed by atoms with E-state index in [4.69, 9.17) is 9.25 Å². The van der Waals surface area contributed by atoms with E-state index in [0.29, 0.717) is 11.3 Å². The van der Waals surface area contributed by atoms with Gasteiger partial charge in [0.05, 0.1) is 0 Å². The van der Waals surface area contributed by atoms with Crippen LogP contribution >= 0.6 is 0 Å². The average molecular weight is 424 g/mol. The second-order valence-electron chi connectivity index (χ2n) is 8.72. The summed E-state index contributed by atoms with van der Waals surface area (Å²) in [5.41, 5.74) is 3.64. The number of para-hydroxylation sites is 1. The molecule has 0 spiro atoms. The molecule has 0 radical (unpaired) electrons. The summed E-state index contributed by atoms with van der Waals surface area (Å²) in [7, 11) is 0. The molecule has 1 heterocycles. The molecule has 4 heteroatoms. The SMILES string of the molecule is CC1(c2ccccc2)CC(C(=NOCC(=O)c2ccccc2)c2cc3ccccc3o2)C1. The van der Waals surface area contributed by atoms with Gasteiger partial charge in [-0.1, -0.05) is 90.9 Å². The van der Waals surface area contributed by atoms with E-state index in [2.05, 4.69) is 36.3 Å². The molecule has 4 nitrogen and oxygen atoms in total. The zero-order chi connectivity index (χ0) is 22.0. The summed E-state index contributed by atoms with van der Waals surface area (Å²) >= 11 is 0. The van der Waals surface area contributed by atoms with Crippen molar-refractivity contribution in [3.8, 4) is 0 Å². The molecule has 0 saturated heterocycles. The van der Waals surface area contributed by atoms with Gasteiger partial charge in [-0.2, -0.15) is 0 Å². The number of fused-ring (bicyclic) bond motifs is 1. The second kappa shape index (κ2) is 8.46. The largest absolute Gasteiger partial charge is 0.455 e. The quantitative estimate of drug-likeness (QED) is 0.196. The predicted octanol–water partition coefficient (Wildman–Crippen LogP) is 6.40. The first-order chi connectivity index (χ1) is 15.6. The average Bonchev–Trinajstić information content (AvgIpc) is 3.25. The first-order valence-corrected chi connectivity index (χ1v) is 10.9. The Labute approximate surface area is 187 Å². The number of carbonyl (C=O) groups is 1. The molecule has 1 aliphatic rings. The van der Waals surface area contributed by atoms with Gasteiger partial charge in [0.25, 0.3) is 0 Å². The number of oxime groups is 1. The van der Waals surface area contributed by atoms with Crippen molar-refractivity contribution in [3.05, 3.63) is 108 Å². The number of rotatable bonds is 7. The zero-order valence-corrected chi connectivity index (χ0v) is 18.0. The van der Waals surface area contributed by atoms with Gasteiger partial charge in [0.2, 0.25) is 5.78 Å². The lowest BCUT2D eigenvalue weighted by Crippen LogP contribution is -2.42. The van der Waals surface area contributed by atoms with Crippen LogP contribution in [0.4, 0.5) is 0 Å². The van der Waals surface area contributed by atoms with Crippen LogP contribution in [-0.4, -0.2) is 18.1 Å². The molecule has 0 bridgehead atoms. The molecule has 160 valence electrons. The summed E-state index contributed by atoms with van der Waals surface area (Å²) in [4.78, 5) is 18.0.